The van der Waals surface area contributed by atoms with E-state index in [-0.39, 0.29) is 16.9 Å². The van der Waals surface area contributed by atoms with E-state index >= 15 is 0 Å². The summed E-state index contributed by atoms with van der Waals surface area (Å²) in [5.74, 6) is -1.26. The van der Waals surface area contributed by atoms with Gasteiger partial charge in [0.2, 0.25) is 0 Å². The molecule has 1 amide bonds. The van der Waals surface area contributed by atoms with Gasteiger partial charge in [-0.2, -0.15) is 0 Å². The largest absolute Gasteiger partial charge is 0.452 e. The molecule has 0 saturated heterocycles. The molecule has 0 fully saturated rings. The molecule has 4 rings (SSSR count). The summed E-state index contributed by atoms with van der Waals surface area (Å²) in [6, 6.07) is 18.4. The minimum atomic E-state index is -0.830. The number of nitro benzene ring substituents is 1. The summed E-state index contributed by atoms with van der Waals surface area (Å²) in [6.07, 6.45) is 0. The lowest BCUT2D eigenvalue weighted by Crippen LogP contribution is -2.32. The summed E-state index contributed by atoms with van der Waals surface area (Å²) in [5.41, 5.74) is 6.78. The van der Waals surface area contributed by atoms with E-state index in [1.54, 1.807) is 11.8 Å². The number of nitrogens with two attached hydrogens (primary N) is 1. The first-order valence-corrected chi connectivity index (χ1v) is 9.67. The predicted octanol–water partition coefficient (Wildman–Crippen LogP) is 4.16. The van der Waals surface area contributed by atoms with Crippen LogP contribution in [0.25, 0.3) is 0 Å². The number of benzene rings is 3. The van der Waals surface area contributed by atoms with Crippen molar-refractivity contribution in [3.8, 4) is 0 Å². The Balaban J connectivity index is 1.55. The SMILES string of the molecule is Nc1cc([N+](=O)[O-])ccc1C(=O)OCC(=O)N1c2ccccc2Sc2ccccc21. The molecule has 0 unspecified atom stereocenters. The number of fused-ring (bicyclic) bond motifs is 2. The Morgan fingerprint density at radius 2 is 1.60 bits per heavy atom. The zero-order valence-electron chi connectivity index (χ0n) is 15.5. The third kappa shape index (κ3) is 3.58. The molecule has 1 heterocycles. The molecule has 30 heavy (non-hydrogen) atoms. The molecular weight excluding hydrogens is 406 g/mol. The number of nitrogens with zero attached hydrogens (tertiary/aromatic N) is 2. The van der Waals surface area contributed by atoms with Crippen LogP contribution < -0.4 is 10.6 Å². The van der Waals surface area contributed by atoms with Crippen LogP contribution in [0.1, 0.15) is 10.4 Å². The van der Waals surface area contributed by atoms with Crippen molar-refractivity contribution in [1.29, 1.82) is 0 Å². The lowest BCUT2D eigenvalue weighted by atomic mass is 10.1. The number of esters is 1. The summed E-state index contributed by atoms with van der Waals surface area (Å²) >= 11 is 1.56. The number of carbonyl (C=O) groups is 2. The monoisotopic (exact) mass is 421 g/mol. The van der Waals surface area contributed by atoms with Crippen LogP contribution in [0.2, 0.25) is 0 Å². The average Bonchev–Trinajstić information content (AvgIpc) is 2.75. The van der Waals surface area contributed by atoms with Gasteiger partial charge < -0.3 is 10.5 Å². The first kappa shape index (κ1) is 19.5. The third-order valence-electron chi connectivity index (χ3n) is 4.47. The summed E-state index contributed by atoms with van der Waals surface area (Å²) in [6.45, 7) is -0.511. The van der Waals surface area contributed by atoms with Crippen LogP contribution in [0.5, 0.6) is 0 Å². The number of nitro groups is 1. The molecule has 0 aromatic heterocycles. The summed E-state index contributed by atoms with van der Waals surface area (Å²) < 4.78 is 5.17. The second-order valence-corrected chi connectivity index (χ2v) is 7.46. The number of nitrogen functional groups attached to an aromatic ring is 1. The Kier molecular flexibility index (Phi) is 5.11. The predicted molar refractivity (Wildman–Crippen MR) is 112 cm³/mol. The number of hydrogen-bond donors (Lipinski definition) is 1. The quantitative estimate of drug-likeness (QED) is 0.291. The van der Waals surface area contributed by atoms with E-state index in [0.717, 1.165) is 21.9 Å². The number of carbonyl (C=O) groups excluding carboxylic acids is 2. The number of ether oxygens (including phenoxy) is 1. The van der Waals surface area contributed by atoms with Crippen molar-refractivity contribution in [2.24, 2.45) is 0 Å². The van der Waals surface area contributed by atoms with Crippen molar-refractivity contribution in [3.63, 3.8) is 0 Å². The van der Waals surface area contributed by atoms with E-state index in [9.17, 15) is 19.7 Å². The van der Waals surface area contributed by atoms with E-state index in [2.05, 4.69) is 0 Å². The average molecular weight is 421 g/mol. The van der Waals surface area contributed by atoms with Crippen molar-refractivity contribution in [1.82, 2.24) is 0 Å². The molecular formula is C21H15N3O5S. The van der Waals surface area contributed by atoms with Crippen LogP contribution in [0.15, 0.2) is 76.5 Å². The fourth-order valence-corrected chi connectivity index (χ4v) is 4.15. The van der Waals surface area contributed by atoms with Gasteiger partial charge in [-0.3, -0.25) is 19.8 Å². The third-order valence-corrected chi connectivity index (χ3v) is 5.60. The summed E-state index contributed by atoms with van der Waals surface area (Å²) in [5, 5.41) is 10.8. The molecule has 1 aliphatic rings. The van der Waals surface area contributed by atoms with Crippen molar-refractivity contribution in [2.75, 3.05) is 17.2 Å². The number of para-hydroxylation sites is 2. The van der Waals surface area contributed by atoms with Crippen LogP contribution in [-0.4, -0.2) is 23.4 Å². The van der Waals surface area contributed by atoms with Crippen molar-refractivity contribution in [3.05, 3.63) is 82.4 Å². The van der Waals surface area contributed by atoms with Gasteiger partial charge in [-0.05, 0) is 30.3 Å². The van der Waals surface area contributed by atoms with Gasteiger partial charge in [0.05, 0.1) is 27.5 Å². The Hall–Kier alpha value is -3.85. The molecule has 0 atom stereocenters. The molecule has 8 nitrogen and oxygen atoms in total. The number of hydrogen-bond acceptors (Lipinski definition) is 7. The molecule has 150 valence electrons. The van der Waals surface area contributed by atoms with Gasteiger partial charge in [0.1, 0.15) is 0 Å². The van der Waals surface area contributed by atoms with Gasteiger partial charge in [0.15, 0.2) is 6.61 Å². The van der Waals surface area contributed by atoms with E-state index in [0.29, 0.717) is 11.4 Å². The second kappa shape index (κ2) is 7.88. The Morgan fingerprint density at radius 3 is 2.17 bits per heavy atom. The number of non-ortho nitro benzene ring substituents is 1. The van der Waals surface area contributed by atoms with Gasteiger partial charge >= 0.3 is 5.97 Å². The van der Waals surface area contributed by atoms with Gasteiger partial charge in [0.25, 0.3) is 11.6 Å². The fraction of sp³-hybridized carbons (Fsp3) is 0.0476. The first-order chi connectivity index (χ1) is 14.5. The molecule has 0 saturated carbocycles. The highest BCUT2D eigenvalue weighted by Crippen LogP contribution is 2.47. The smallest absolute Gasteiger partial charge is 0.340 e. The highest BCUT2D eigenvalue weighted by Gasteiger charge is 2.28. The van der Waals surface area contributed by atoms with Gasteiger partial charge in [-0.1, -0.05) is 36.0 Å². The molecule has 1 aliphatic heterocycles. The van der Waals surface area contributed by atoms with Crippen molar-refractivity contribution < 1.29 is 19.2 Å². The maximum absolute atomic E-state index is 13.0. The highest BCUT2D eigenvalue weighted by atomic mass is 32.2. The molecule has 3 aromatic carbocycles. The maximum Gasteiger partial charge on any atom is 0.340 e. The van der Waals surface area contributed by atoms with Crippen LogP contribution in [0, 0.1) is 10.1 Å². The molecule has 0 spiro atoms. The Labute approximate surface area is 175 Å². The highest BCUT2D eigenvalue weighted by molar-refractivity contribution is 7.99. The van der Waals surface area contributed by atoms with Crippen molar-refractivity contribution in [2.45, 2.75) is 9.79 Å². The Bertz CT molecular complexity index is 1140. The lowest BCUT2D eigenvalue weighted by molar-refractivity contribution is -0.384. The summed E-state index contributed by atoms with van der Waals surface area (Å²) in [4.78, 5) is 38.9. The molecule has 2 N–H and O–H groups in total. The number of rotatable bonds is 4. The van der Waals surface area contributed by atoms with Crippen LogP contribution in [0.4, 0.5) is 22.7 Å². The van der Waals surface area contributed by atoms with E-state index < -0.39 is 23.4 Å². The summed E-state index contributed by atoms with van der Waals surface area (Å²) in [7, 11) is 0. The van der Waals surface area contributed by atoms with Gasteiger partial charge in [0, 0.05) is 21.9 Å². The standard InChI is InChI=1S/C21H15N3O5S/c22-15-11-13(24(27)28)9-10-14(15)21(26)29-12-20(25)23-16-5-1-3-7-18(16)30-19-8-4-2-6-17(19)23/h1-11H,12,22H2. The minimum Gasteiger partial charge on any atom is -0.452 e. The Morgan fingerprint density at radius 1 is 1.00 bits per heavy atom. The van der Waals surface area contributed by atoms with Crippen LogP contribution >= 0.6 is 11.8 Å². The van der Waals surface area contributed by atoms with E-state index in [1.165, 1.54) is 11.0 Å². The molecule has 0 bridgehead atoms. The fourth-order valence-electron chi connectivity index (χ4n) is 3.09. The zero-order valence-corrected chi connectivity index (χ0v) is 16.3. The normalized spacial score (nSPS) is 11.9. The maximum atomic E-state index is 13.0. The topological polar surface area (TPSA) is 116 Å². The minimum absolute atomic E-state index is 0.0385. The van der Waals surface area contributed by atoms with Crippen LogP contribution in [-0.2, 0) is 9.53 Å². The first-order valence-electron chi connectivity index (χ1n) is 8.85. The van der Waals surface area contributed by atoms with Crippen LogP contribution in [0.3, 0.4) is 0 Å². The van der Waals surface area contributed by atoms with E-state index in [4.69, 9.17) is 10.5 Å². The molecule has 9 heteroatoms. The van der Waals surface area contributed by atoms with Crippen molar-refractivity contribution >= 4 is 46.4 Å². The zero-order chi connectivity index (χ0) is 21.3. The van der Waals surface area contributed by atoms with Gasteiger partial charge in [-0.25, -0.2) is 4.79 Å². The lowest BCUT2D eigenvalue weighted by Gasteiger charge is -2.30. The van der Waals surface area contributed by atoms with Gasteiger partial charge in [-0.15, -0.1) is 0 Å². The second-order valence-electron chi connectivity index (χ2n) is 6.37. The van der Waals surface area contributed by atoms with E-state index in [1.807, 2.05) is 48.5 Å². The molecule has 3 aromatic rings. The number of anilines is 3. The molecule has 0 radical (unpaired) electrons. The molecule has 0 aliphatic carbocycles. The number of amides is 1.